The fraction of sp³-hybridized carbons (Fsp3) is 0. The van der Waals surface area contributed by atoms with Gasteiger partial charge in [-0.1, -0.05) is 0 Å². The second kappa shape index (κ2) is 34.5. The van der Waals surface area contributed by atoms with Gasteiger partial charge in [-0.25, -0.2) is 0 Å². The van der Waals surface area contributed by atoms with Crippen LogP contribution in [0.15, 0.2) is 0 Å². The molecule has 0 atom stereocenters. The summed E-state index contributed by atoms with van der Waals surface area (Å²) in [7, 11) is -1.08. The van der Waals surface area contributed by atoms with Crippen molar-refractivity contribution >= 4 is 46.1 Å². The third kappa shape index (κ3) is 63.1. The van der Waals surface area contributed by atoms with E-state index in [1.54, 1.807) is 0 Å². The van der Waals surface area contributed by atoms with E-state index in [-0.39, 0.29) is 51.5 Å². The second-order valence-corrected chi connectivity index (χ2v) is 0.224. The van der Waals surface area contributed by atoms with Gasteiger partial charge in [0.1, 0.15) is 0 Å². The minimum Gasteiger partial charge on any atom is -1.00 e. The van der Waals surface area contributed by atoms with Gasteiger partial charge in [0.05, 0.1) is 0 Å². The molecule has 0 radical (unpaired) electrons. The topological polar surface area (TPSA) is 97.1 Å². The van der Waals surface area contributed by atoms with E-state index in [0.717, 1.165) is 0 Å². The molecule has 0 aromatic heterocycles. The summed E-state index contributed by atoms with van der Waals surface area (Å²) in [6, 6.07) is 0. The van der Waals surface area contributed by atoms with Gasteiger partial charge in [0.15, 0.2) is 0 Å². The Hall–Kier alpha value is 1.21. The molecule has 0 aliphatic rings. The van der Waals surface area contributed by atoms with Gasteiger partial charge in [-0.2, -0.15) is 0 Å². The molecule has 36 valence electrons. The molecule has 0 rings (SSSR count). The van der Waals surface area contributed by atoms with Crippen LogP contribution in [0.4, 0.5) is 0 Å². The molecule has 0 fully saturated rings. The number of hydrogen-bond acceptors (Lipinski definition) is 2. The fourth-order valence-electron chi connectivity index (χ4n) is 0. The Morgan fingerprint density at radius 1 is 1.17 bits per heavy atom. The standard InChI is InChI=1S/Ca.O2P.2H2O.2H/c;1-3-2;;;;/h;;2*1H2;;/q+2;+1;;;2*-1. The zero-order valence-corrected chi connectivity index (χ0v) is 6.07. The largest absolute Gasteiger partial charge is 2.00 e. The van der Waals surface area contributed by atoms with Crippen LogP contribution in [-0.4, -0.2) is 48.7 Å². The van der Waals surface area contributed by atoms with Crippen molar-refractivity contribution in [2.45, 2.75) is 0 Å². The van der Waals surface area contributed by atoms with Crippen molar-refractivity contribution in [3.8, 4) is 0 Å². The van der Waals surface area contributed by atoms with Crippen molar-refractivity contribution in [3.05, 3.63) is 0 Å². The Kier molecular flexibility index (Phi) is 155. The monoisotopic (exact) mass is 141 g/mol. The summed E-state index contributed by atoms with van der Waals surface area (Å²) < 4.78 is 16.7. The summed E-state index contributed by atoms with van der Waals surface area (Å²) in [6.45, 7) is 0. The van der Waals surface area contributed by atoms with Crippen LogP contribution in [0.1, 0.15) is 2.85 Å². The van der Waals surface area contributed by atoms with E-state index in [2.05, 4.69) is 0 Å². The first-order valence-electron chi connectivity index (χ1n) is 0.365. The Labute approximate surface area is 68.7 Å². The van der Waals surface area contributed by atoms with Gasteiger partial charge in [0, 0.05) is 0 Å². The molecule has 0 aromatic rings. The maximum absolute atomic E-state index is 8.35. The normalized spacial score (nSPS) is 1.33. The van der Waals surface area contributed by atoms with Gasteiger partial charge in [0.25, 0.3) is 0 Å². The quantitative estimate of drug-likeness (QED) is 0.313. The van der Waals surface area contributed by atoms with E-state index in [4.69, 9.17) is 9.13 Å². The zero-order chi connectivity index (χ0) is 2.71. The van der Waals surface area contributed by atoms with E-state index in [0.29, 0.717) is 0 Å². The van der Waals surface area contributed by atoms with Gasteiger partial charge < -0.3 is 13.8 Å². The van der Waals surface area contributed by atoms with E-state index >= 15 is 0 Å². The molecule has 0 bridgehead atoms. The van der Waals surface area contributed by atoms with Crippen molar-refractivity contribution < 1.29 is 22.9 Å². The minimum atomic E-state index is -1.08. The molecule has 0 aliphatic heterocycles. The fourth-order valence-corrected chi connectivity index (χ4v) is 0. The van der Waals surface area contributed by atoms with Crippen molar-refractivity contribution in [3.63, 3.8) is 0 Å². The summed E-state index contributed by atoms with van der Waals surface area (Å²) in [5.41, 5.74) is 0. The molecule has 4 nitrogen and oxygen atoms in total. The second-order valence-electron chi connectivity index (χ2n) is 0.0745. The van der Waals surface area contributed by atoms with Crippen LogP contribution < -0.4 is 0 Å². The minimum absolute atomic E-state index is 0. The molecule has 6 heavy (non-hydrogen) atoms. The summed E-state index contributed by atoms with van der Waals surface area (Å²) in [5.74, 6) is 0. The Balaban J connectivity index is -0.00000000200. The molecule has 4 N–H and O–H groups in total. The van der Waals surface area contributed by atoms with Crippen molar-refractivity contribution in [2.75, 3.05) is 0 Å². The molecular weight excluding hydrogens is 135 g/mol. The van der Waals surface area contributed by atoms with Gasteiger partial charge in [0.2, 0.25) is 0 Å². The predicted molar refractivity (Wildman–Crippen MR) is 23.5 cm³/mol. The van der Waals surface area contributed by atoms with E-state index in [9.17, 15) is 0 Å². The van der Waals surface area contributed by atoms with Crippen molar-refractivity contribution in [2.24, 2.45) is 0 Å². The van der Waals surface area contributed by atoms with Crippen LogP contribution in [-0.2, 0) is 9.13 Å². The Morgan fingerprint density at radius 3 is 1.17 bits per heavy atom. The molecule has 0 aromatic carbocycles. The van der Waals surface area contributed by atoms with Crippen LogP contribution >= 0.6 is 8.34 Å². The Morgan fingerprint density at radius 2 is 1.17 bits per heavy atom. The van der Waals surface area contributed by atoms with E-state index in [1.165, 1.54) is 0 Å². The molecule has 0 amide bonds. The molecule has 6 heteroatoms. The summed E-state index contributed by atoms with van der Waals surface area (Å²) in [5, 5.41) is 0. The van der Waals surface area contributed by atoms with Crippen molar-refractivity contribution in [1.29, 1.82) is 0 Å². The average molecular weight is 141 g/mol. The molecule has 0 saturated heterocycles. The number of rotatable bonds is 0. The third-order valence-electron chi connectivity index (χ3n) is 0. The summed E-state index contributed by atoms with van der Waals surface area (Å²) >= 11 is 0. The smallest absolute Gasteiger partial charge is 1.00 e. The molecule has 0 aliphatic carbocycles. The first-order valence-corrected chi connectivity index (χ1v) is 1.10. The molecule has 0 unspecified atom stereocenters. The Bertz CT molecular complexity index is 35.0. The van der Waals surface area contributed by atoms with Gasteiger partial charge in [-0.3, -0.25) is 0 Å². The summed E-state index contributed by atoms with van der Waals surface area (Å²) in [4.78, 5) is 0. The maximum atomic E-state index is 8.35. The predicted octanol–water partition coefficient (Wildman–Crippen LogP) is -1.18. The molecule has 0 heterocycles. The van der Waals surface area contributed by atoms with Crippen LogP contribution in [0.5, 0.6) is 0 Å². The summed E-state index contributed by atoms with van der Waals surface area (Å²) in [6.07, 6.45) is 0. The van der Waals surface area contributed by atoms with Crippen LogP contribution in [0.2, 0.25) is 0 Å². The molecular formula is H6CaO4P+. The maximum Gasteiger partial charge on any atom is 2.00 e. The zero-order valence-electron chi connectivity index (χ0n) is 4.97. The molecule has 0 saturated carbocycles. The van der Waals surface area contributed by atoms with Crippen LogP contribution in [0, 0.1) is 0 Å². The first kappa shape index (κ1) is 27.0. The van der Waals surface area contributed by atoms with Crippen molar-refractivity contribution in [1.82, 2.24) is 0 Å². The SMILES string of the molecule is O.O.O=[P+]=O.[Ca+2].[H-].[H-]. The first-order chi connectivity index (χ1) is 1.41. The number of hydrogen-bond donors (Lipinski definition) is 0. The average Bonchev–Trinajstić information content (AvgIpc) is 0.918. The van der Waals surface area contributed by atoms with E-state index in [1.807, 2.05) is 0 Å². The van der Waals surface area contributed by atoms with Crippen LogP contribution in [0.3, 0.4) is 0 Å². The van der Waals surface area contributed by atoms with E-state index < -0.39 is 8.34 Å². The van der Waals surface area contributed by atoms with Gasteiger partial charge >= 0.3 is 55.2 Å². The van der Waals surface area contributed by atoms with Gasteiger partial charge in [-0.15, -0.1) is 0 Å². The molecule has 0 spiro atoms. The van der Waals surface area contributed by atoms with Crippen LogP contribution in [0.25, 0.3) is 0 Å². The van der Waals surface area contributed by atoms with Gasteiger partial charge in [-0.05, 0) is 0 Å². The third-order valence-corrected chi connectivity index (χ3v) is 0.